The van der Waals surface area contributed by atoms with Crippen molar-refractivity contribution in [3.63, 3.8) is 0 Å². The first-order valence-electron chi connectivity index (χ1n) is 11.8. The Morgan fingerprint density at radius 1 is 1.07 bits per heavy atom. The number of thioether (sulfide) groups is 1. The van der Waals surface area contributed by atoms with E-state index >= 15 is 0 Å². The molecule has 2 amide bonds. The van der Waals surface area contributed by atoms with Crippen LogP contribution in [0.15, 0.2) is 63.6 Å². The molecule has 0 spiro atoms. The number of aliphatic imine (C=N–C) groups is 1. The van der Waals surface area contributed by atoms with E-state index in [9.17, 15) is 14.4 Å². The Bertz CT molecular complexity index is 1400. The van der Waals surface area contributed by atoms with Crippen LogP contribution in [0.25, 0.3) is 0 Å². The molecule has 40 heavy (non-hydrogen) atoms. The Hall–Kier alpha value is -3.48. The second-order valence-corrected chi connectivity index (χ2v) is 9.70. The average molecular weight is 652 g/mol. The van der Waals surface area contributed by atoms with E-state index in [1.807, 2.05) is 0 Å². The molecule has 0 aromatic heterocycles. The summed E-state index contributed by atoms with van der Waals surface area (Å²) in [5.74, 6) is -0.612. The molecule has 2 aliphatic heterocycles. The van der Waals surface area contributed by atoms with Crippen molar-refractivity contribution in [3.05, 3.63) is 69.2 Å². The number of methoxy groups -OCH3 is 3. The van der Waals surface area contributed by atoms with Gasteiger partial charge in [0, 0.05) is 16.8 Å². The summed E-state index contributed by atoms with van der Waals surface area (Å²) in [6, 6.07) is 8.97. The topological polar surface area (TPSA) is 116 Å². The second kappa shape index (κ2) is 13.2. The number of carbonyl (C=O) groups excluding carboxylic acids is 3. The number of anilines is 1. The molecule has 1 unspecified atom stereocenters. The fourth-order valence-corrected chi connectivity index (χ4v) is 5.28. The number of carbonyl (C=O) groups is 3. The highest BCUT2D eigenvalue weighted by atomic mass is 79.9. The second-order valence-electron chi connectivity index (χ2n) is 8.26. The number of nitrogens with one attached hydrogen (secondary N) is 1. The van der Waals surface area contributed by atoms with Crippen LogP contribution in [-0.2, 0) is 19.1 Å². The molecule has 1 atom stereocenters. The van der Waals surface area contributed by atoms with Crippen LogP contribution >= 0.6 is 23.4 Å². The van der Waals surface area contributed by atoms with Crippen molar-refractivity contribution < 1.29 is 50.3 Å². The Kier molecular flexibility index (Phi) is 10.3. The SMILES string of the molecule is CCOC(=O)C1=C(C)N=C2SC(C(=O)Nc3ccc(Cl)cc3)=CC(=O)N2C1c1cc(OC)c(OC)c(OC)c1.[Br-]. The summed E-state index contributed by atoms with van der Waals surface area (Å²) in [5.41, 5.74) is 1.53. The summed E-state index contributed by atoms with van der Waals surface area (Å²) in [4.78, 5) is 45.7. The summed E-state index contributed by atoms with van der Waals surface area (Å²) >= 11 is 6.94. The molecule has 0 bridgehead atoms. The lowest BCUT2D eigenvalue weighted by atomic mass is 9.93. The summed E-state index contributed by atoms with van der Waals surface area (Å²) in [6.07, 6.45) is 1.21. The number of hydrogen-bond acceptors (Lipinski definition) is 9. The van der Waals surface area contributed by atoms with Crippen LogP contribution in [0.1, 0.15) is 25.5 Å². The molecular weight excluding hydrogens is 626 g/mol. The lowest BCUT2D eigenvalue weighted by Crippen LogP contribution is -3.00. The van der Waals surface area contributed by atoms with E-state index in [1.54, 1.807) is 50.2 Å². The Balaban J connectivity index is 0.00000441. The number of rotatable bonds is 8. The molecule has 2 aromatic carbocycles. The number of nitrogens with zero attached hydrogens (tertiary/aromatic N) is 2. The molecular formula is C27H26BrClN3O7S-. The molecule has 10 nitrogen and oxygen atoms in total. The first-order chi connectivity index (χ1) is 18.7. The lowest BCUT2D eigenvalue weighted by molar-refractivity contribution is -0.139. The Morgan fingerprint density at radius 3 is 2.25 bits per heavy atom. The van der Waals surface area contributed by atoms with Gasteiger partial charge in [-0.2, -0.15) is 0 Å². The van der Waals surface area contributed by atoms with Gasteiger partial charge in [-0.3, -0.25) is 14.5 Å². The molecule has 0 radical (unpaired) electrons. The normalized spacial score (nSPS) is 16.2. The molecule has 1 N–H and O–H groups in total. The molecule has 212 valence electrons. The maximum Gasteiger partial charge on any atom is 0.338 e. The number of halogens is 2. The van der Waals surface area contributed by atoms with Crippen LogP contribution in [0.2, 0.25) is 5.02 Å². The maximum atomic E-state index is 13.6. The smallest absolute Gasteiger partial charge is 0.338 e. The van der Waals surface area contributed by atoms with Gasteiger partial charge in [0.25, 0.3) is 11.8 Å². The van der Waals surface area contributed by atoms with Gasteiger partial charge in [-0.05, 0) is 67.6 Å². The van der Waals surface area contributed by atoms with Crippen LogP contribution in [0.5, 0.6) is 17.2 Å². The highest BCUT2D eigenvalue weighted by molar-refractivity contribution is 8.18. The molecule has 2 heterocycles. The minimum atomic E-state index is -0.942. The van der Waals surface area contributed by atoms with Crippen molar-refractivity contribution in [2.45, 2.75) is 19.9 Å². The quantitative estimate of drug-likeness (QED) is 0.430. The van der Waals surface area contributed by atoms with Crippen molar-refractivity contribution in [1.82, 2.24) is 4.90 Å². The first kappa shape index (κ1) is 31.1. The number of esters is 1. The standard InChI is InChI=1S/C27H26ClN3O7S.BrH/c1-6-38-26(34)22-14(2)29-27-31(23(22)15-11-18(35-3)24(37-5)19(12-15)36-4)21(32)13-20(39-27)25(33)30-17-9-7-16(28)8-10-17;/h7-13,23H,6H2,1-5H3,(H,30,33);1H/p-1. The first-order valence-corrected chi connectivity index (χ1v) is 13.0. The van der Waals surface area contributed by atoms with E-state index in [0.717, 1.165) is 11.8 Å². The Morgan fingerprint density at radius 2 is 1.70 bits per heavy atom. The van der Waals surface area contributed by atoms with Crippen LogP contribution in [0.4, 0.5) is 5.69 Å². The molecule has 4 rings (SSSR count). The summed E-state index contributed by atoms with van der Waals surface area (Å²) < 4.78 is 21.8. The lowest BCUT2D eigenvalue weighted by Gasteiger charge is -2.38. The summed E-state index contributed by atoms with van der Waals surface area (Å²) in [5, 5.41) is 3.51. The van der Waals surface area contributed by atoms with Crippen molar-refractivity contribution in [2.24, 2.45) is 4.99 Å². The third-order valence-corrected chi connectivity index (χ3v) is 7.15. The number of ether oxygens (including phenoxy) is 4. The van der Waals surface area contributed by atoms with E-state index in [4.69, 9.17) is 30.5 Å². The van der Waals surface area contributed by atoms with E-state index in [1.165, 1.54) is 32.3 Å². The van der Waals surface area contributed by atoms with Crippen molar-refractivity contribution in [1.29, 1.82) is 0 Å². The van der Waals surface area contributed by atoms with Gasteiger partial charge in [-0.1, -0.05) is 11.6 Å². The Labute approximate surface area is 251 Å². The van der Waals surface area contributed by atoms with E-state index in [0.29, 0.717) is 39.2 Å². The molecule has 2 aliphatic rings. The third-order valence-electron chi connectivity index (χ3n) is 5.91. The summed E-state index contributed by atoms with van der Waals surface area (Å²) in [7, 11) is 4.42. The minimum Gasteiger partial charge on any atom is -1.00 e. The minimum absolute atomic E-state index is 0. The van der Waals surface area contributed by atoms with Gasteiger partial charge in [0.05, 0.1) is 50.2 Å². The molecule has 0 saturated carbocycles. The highest BCUT2D eigenvalue weighted by Crippen LogP contribution is 2.46. The number of allylic oxidation sites excluding steroid dienone is 1. The van der Waals surface area contributed by atoms with E-state index in [-0.39, 0.29) is 39.2 Å². The number of amidine groups is 1. The average Bonchev–Trinajstić information content (AvgIpc) is 2.92. The van der Waals surface area contributed by atoms with Gasteiger partial charge in [-0.15, -0.1) is 0 Å². The van der Waals surface area contributed by atoms with Gasteiger partial charge in [0.2, 0.25) is 5.75 Å². The fourth-order valence-electron chi connectivity index (χ4n) is 4.18. The third kappa shape index (κ3) is 6.13. The van der Waals surface area contributed by atoms with Crippen molar-refractivity contribution >= 4 is 52.0 Å². The van der Waals surface area contributed by atoms with Gasteiger partial charge in [0.15, 0.2) is 16.7 Å². The van der Waals surface area contributed by atoms with Gasteiger partial charge in [-0.25, -0.2) is 9.79 Å². The zero-order chi connectivity index (χ0) is 28.3. The molecule has 0 saturated heterocycles. The maximum absolute atomic E-state index is 13.6. The highest BCUT2D eigenvalue weighted by Gasteiger charge is 2.43. The van der Waals surface area contributed by atoms with Crippen LogP contribution < -0.4 is 36.5 Å². The van der Waals surface area contributed by atoms with E-state index in [2.05, 4.69) is 10.3 Å². The molecule has 0 aliphatic carbocycles. The van der Waals surface area contributed by atoms with Gasteiger partial charge in [0.1, 0.15) is 0 Å². The van der Waals surface area contributed by atoms with Crippen LogP contribution in [-0.4, -0.2) is 55.8 Å². The number of fused-ring (bicyclic) bond motifs is 1. The van der Waals surface area contributed by atoms with E-state index < -0.39 is 23.8 Å². The molecule has 2 aromatic rings. The van der Waals surface area contributed by atoms with Gasteiger partial charge < -0.3 is 41.2 Å². The number of amides is 2. The van der Waals surface area contributed by atoms with Crippen LogP contribution in [0.3, 0.4) is 0 Å². The number of benzene rings is 2. The monoisotopic (exact) mass is 650 g/mol. The predicted molar refractivity (Wildman–Crippen MR) is 148 cm³/mol. The van der Waals surface area contributed by atoms with Crippen LogP contribution in [0, 0.1) is 0 Å². The summed E-state index contributed by atoms with van der Waals surface area (Å²) in [6.45, 7) is 3.47. The molecule has 0 fully saturated rings. The predicted octanol–water partition coefficient (Wildman–Crippen LogP) is 1.72. The fraction of sp³-hybridized carbons (Fsp3) is 0.259. The van der Waals surface area contributed by atoms with Crippen molar-refractivity contribution in [2.75, 3.05) is 33.3 Å². The number of hydrogen-bond donors (Lipinski definition) is 1. The van der Waals surface area contributed by atoms with Gasteiger partial charge >= 0.3 is 5.97 Å². The largest absolute Gasteiger partial charge is 1.00 e. The molecule has 13 heteroatoms. The zero-order valence-electron chi connectivity index (χ0n) is 22.2. The van der Waals surface area contributed by atoms with Crippen molar-refractivity contribution in [3.8, 4) is 17.2 Å². The zero-order valence-corrected chi connectivity index (χ0v) is 25.4.